The Morgan fingerprint density at radius 1 is 1.06 bits per heavy atom. The number of unbranched alkanes of at least 4 members (excludes halogenated alkanes) is 1. The third-order valence-electron chi connectivity index (χ3n) is 6.19. The molecule has 0 spiro atoms. The van der Waals surface area contributed by atoms with Crippen molar-refractivity contribution in [3.63, 3.8) is 0 Å². The van der Waals surface area contributed by atoms with Gasteiger partial charge in [-0.3, -0.25) is 4.79 Å². The number of hydrogen-bond donors (Lipinski definition) is 1. The molecule has 1 aromatic heterocycles. The Labute approximate surface area is 184 Å². The second kappa shape index (κ2) is 10.5. The van der Waals surface area contributed by atoms with Crippen LogP contribution in [0.5, 0.6) is 5.75 Å². The lowest BCUT2D eigenvalue weighted by molar-refractivity contribution is -0.126. The number of rotatable bonds is 9. The van der Waals surface area contributed by atoms with E-state index in [0.717, 1.165) is 67.7 Å². The molecule has 2 aromatic carbocycles. The van der Waals surface area contributed by atoms with Crippen LogP contribution < -0.4 is 10.1 Å². The number of aryl methyl sites for hydroxylation is 1. The van der Waals surface area contributed by atoms with Gasteiger partial charge in [-0.15, -0.1) is 0 Å². The second-order valence-electron chi connectivity index (χ2n) is 8.54. The number of aromatic nitrogens is 2. The topological polar surface area (TPSA) is 56.2 Å². The molecule has 1 aliphatic rings. The molecule has 164 valence electrons. The highest BCUT2D eigenvalue weighted by atomic mass is 16.5. The molecule has 1 aliphatic carbocycles. The van der Waals surface area contributed by atoms with Gasteiger partial charge in [0.2, 0.25) is 5.91 Å². The lowest BCUT2D eigenvalue weighted by Crippen LogP contribution is -2.35. The molecule has 0 saturated heterocycles. The van der Waals surface area contributed by atoms with Gasteiger partial charge in [0.1, 0.15) is 11.6 Å². The number of nitrogens with one attached hydrogen (secondary N) is 1. The van der Waals surface area contributed by atoms with Gasteiger partial charge >= 0.3 is 0 Å². The minimum atomic E-state index is -0.109. The van der Waals surface area contributed by atoms with Crippen LogP contribution in [0.2, 0.25) is 0 Å². The maximum absolute atomic E-state index is 12.8. The summed E-state index contributed by atoms with van der Waals surface area (Å²) in [6.07, 6.45) is 7.55. The number of benzene rings is 2. The molecule has 1 amide bonds. The number of amides is 1. The molecule has 4 rings (SSSR count). The third kappa shape index (κ3) is 5.46. The molecule has 3 aromatic rings. The Morgan fingerprint density at radius 3 is 2.61 bits per heavy atom. The van der Waals surface area contributed by atoms with Crippen LogP contribution in [0.1, 0.15) is 63.7 Å². The number of imidazole rings is 1. The summed E-state index contributed by atoms with van der Waals surface area (Å²) in [6.45, 7) is 3.61. The Kier molecular flexibility index (Phi) is 7.23. The number of carbonyl (C=O) groups excluding carboxylic acids is 1. The number of hydrogen-bond acceptors (Lipinski definition) is 3. The van der Waals surface area contributed by atoms with Crippen LogP contribution in [0.4, 0.5) is 0 Å². The minimum absolute atomic E-state index is 0.109. The van der Waals surface area contributed by atoms with Gasteiger partial charge in [-0.25, -0.2) is 4.98 Å². The van der Waals surface area contributed by atoms with E-state index >= 15 is 0 Å². The Balaban J connectivity index is 1.39. The molecule has 1 fully saturated rings. The SMILES string of the molecule is CC(NC(=O)C1CCCCC1)c1nc2ccccc2n1CCCCOc1ccccc1. The van der Waals surface area contributed by atoms with Crippen LogP contribution in [-0.2, 0) is 11.3 Å². The second-order valence-corrected chi connectivity index (χ2v) is 8.54. The number of ether oxygens (including phenoxy) is 1. The number of carbonyl (C=O) groups is 1. The van der Waals surface area contributed by atoms with Crippen molar-refractivity contribution in [1.82, 2.24) is 14.9 Å². The standard InChI is InChI=1S/C26H33N3O2/c1-20(27-26(30)21-12-4-2-5-13-21)25-28-23-16-8-9-17-24(23)29(25)18-10-11-19-31-22-14-6-3-7-15-22/h3,6-9,14-17,20-21H,2,4-5,10-13,18-19H2,1H3,(H,27,30). The maximum atomic E-state index is 12.8. The first-order valence-electron chi connectivity index (χ1n) is 11.7. The molecule has 0 radical (unpaired) electrons. The Morgan fingerprint density at radius 2 is 1.81 bits per heavy atom. The lowest BCUT2D eigenvalue weighted by Gasteiger charge is -2.23. The first-order valence-corrected chi connectivity index (χ1v) is 11.7. The normalized spacial score (nSPS) is 15.6. The largest absolute Gasteiger partial charge is 0.494 e. The van der Waals surface area contributed by atoms with Gasteiger partial charge in [0.15, 0.2) is 0 Å². The summed E-state index contributed by atoms with van der Waals surface area (Å²) in [4.78, 5) is 17.7. The number of para-hydroxylation sites is 3. The molecule has 1 saturated carbocycles. The van der Waals surface area contributed by atoms with Gasteiger partial charge in [0, 0.05) is 12.5 Å². The number of nitrogens with zero attached hydrogens (tertiary/aromatic N) is 2. The van der Waals surface area contributed by atoms with E-state index in [-0.39, 0.29) is 17.9 Å². The van der Waals surface area contributed by atoms with Crippen molar-refractivity contribution in [1.29, 1.82) is 0 Å². The van der Waals surface area contributed by atoms with Gasteiger partial charge in [-0.05, 0) is 56.9 Å². The summed E-state index contributed by atoms with van der Waals surface area (Å²) >= 11 is 0. The molecule has 1 N–H and O–H groups in total. The molecule has 0 aliphatic heterocycles. The molecule has 1 unspecified atom stereocenters. The molecule has 1 heterocycles. The zero-order chi connectivity index (χ0) is 21.5. The zero-order valence-electron chi connectivity index (χ0n) is 18.4. The van der Waals surface area contributed by atoms with Crippen molar-refractivity contribution >= 4 is 16.9 Å². The first kappa shape index (κ1) is 21.4. The molecule has 0 bridgehead atoms. The summed E-state index contributed by atoms with van der Waals surface area (Å²) in [6, 6.07) is 18.1. The van der Waals surface area contributed by atoms with Crippen LogP contribution in [-0.4, -0.2) is 22.1 Å². The highest BCUT2D eigenvalue weighted by Gasteiger charge is 2.24. The predicted octanol–water partition coefficient (Wildman–Crippen LogP) is 5.65. The first-order chi connectivity index (χ1) is 15.2. The maximum Gasteiger partial charge on any atom is 0.223 e. The molecule has 31 heavy (non-hydrogen) atoms. The van der Waals surface area contributed by atoms with E-state index in [4.69, 9.17) is 9.72 Å². The van der Waals surface area contributed by atoms with E-state index in [9.17, 15) is 4.79 Å². The molecule has 5 heteroatoms. The third-order valence-corrected chi connectivity index (χ3v) is 6.19. The van der Waals surface area contributed by atoms with Gasteiger partial charge in [0.05, 0.1) is 23.7 Å². The summed E-state index contributed by atoms with van der Waals surface area (Å²) < 4.78 is 8.10. The van der Waals surface area contributed by atoms with Crippen LogP contribution in [0.3, 0.4) is 0 Å². The van der Waals surface area contributed by atoms with Crippen molar-refractivity contribution in [2.75, 3.05) is 6.61 Å². The van der Waals surface area contributed by atoms with Gasteiger partial charge in [0.25, 0.3) is 0 Å². The van der Waals surface area contributed by atoms with E-state index < -0.39 is 0 Å². The van der Waals surface area contributed by atoms with Crippen molar-refractivity contribution in [2.24, 2.45) is 5.92 Å². The summed E-state index contributed by atoms with van der Waals surface area (Å²) in [7, 11) is 0. The van der Waals surface area contributed by atoms with Crippen molar-refractivity contribution in [3.05, 3.63) is 60.4 Å². The predicted molar refractivity (Wildman–Crippen MR) is 124 cm³/mol. The van der Waals surface area contributed by atoms with E-state index in [1.54, 1.807) is 0 Å². The highest BCUT2D eigenvalue weighted by molar-refractivity contribution is 5.80. The molecule has 1 atom stereocenters. The van der Waals surface area contributed by atoms with E-state index in [0.29, 0.717) is 6.61 Å². The lowest BCUT2D eigenvalue weighted by atomic mass is 9.88. The fraction of sp³-hybridized carbons (Fsp3) is 0.462. The van der Waals surface area contributed by atoms with Crippen LogP contribution in [0.25, 0.3) is 11.0 Å². The average Bonchev–Trinajstić information content (AvgIpc) is 3.19. The summed E-state index contributed by atoms with van der Waals surface area (Å²) in [5.74, 6) is 2.19. The van der Waals surface area contributed by atoms with Gasteiger partial charge < -0.3 is 14.6 Å². The quantitative estimate of drug-likeness (QED) is 0.456. The molecular formula is C26H33N3O2. The van der Waals surface area contributed by atoms with Gasteiger partial charge in [-0.1, -0.05) is 49.6 Å². The van der Waals surface area contributed by atoms with Crippen molar-refractivity contribution in [2.45, 2.75) is 64.5 Å². The van der Waals surface area contributed by atoms with Crippen LogP contribution in [0, 0.1) is 5.92 Å². The molecule has 5 nitrogen and oxygen atoms in total. The summed E-state index contributed by atoms with van der Waals surface area (Å²) in [5, 5.41) is 3.24. The number of fused-ring (bicyclic) bond motifs is 1. The van der Waals surface area contributed by atoms with Gasteiger partial charge in [-0.2, -0.15) is 0 Å². The van der Waals surface area contributed by atoms with E-state index in [2.05, 4.69) is 22.9 Å². The monoisotopic (exact) mass is 419 g/mol. The summed E-state index contributed by atoms with van der Waals surface area (Å²) in [5.41, 5.74) is 2.11. The minimum Gasteiger partial charge on any atom is -0.494 e. The van der Waals surface area contributed by atoms with E-state index in [1.807, 2.05) is 48.5 Å². The van der Waals surface area contributed by atoms with Crippen molar-refractivity contribution < 1.29 is 9.53 Å². The Hall–Kier alpha value is -2.82. The average molecular weight is 420 g/mol. The van der Waals surface area contributed by atoms with Crippen molar-refractivity contribution in [3.8, 4) is 5.75 Å². The Bertz CT molecular complexity index is 977. The smallest absolute Gasteiger partial charge is 0.223 e. The van der Waals surface area contributed by atoms with E-state index in [1.165, 1.54) is 6.42 Å². The van der Waals surface area contributed by atoms with Crippen LogP contribution >= 0.6 is 0 Å². The zero-order valence-corrected chi connectivity index (χ0v) is 18.4. The highest BCUT2D eigenvalue weighted by Crippen LogP contribution is 2.26. The fourth-order valence-corrected chi connectivity index (χ4v) is 4.50. The van der Waals surface area contributed by atoms with Crippen LogP contribution in [0.15, 0.2) is 54.6 Å². The fourth-order valence-electron chi connectivity index (χ4n) is 4.50. The molecular weight excluding hydrogens is 386 g/mol.